The highest BCUT2D eigenvalue weighted by molar-refractivity contribution is 7.80. The largest absolute Gasteiger partial charge is 0.252 e. The monoisotopic (exact) mass is 138 g/mol. The van der Waals surface area contributed by atoms with Gasteiger partial charge in [-0.25, -0.2) is 4.99 Å². The smallest absolute Gasteiger partial charge is 0.151 e. The minimum atomic E-state index is 0.495. The van der Waals surface area contributed by atoms with E-state index in [2.05, 4.69) is 16.6 Å². The van der Waals surface area contributed by atoms with Crippen molar-refractivity contribution in [3.63, 3.8) is 0 Å². The van der Waals surface area contributed by atoms with Gasteiger partial charge in [-0.3, -0.25) is 4.99 Å². The van der Waals surface area contributed by atoms with Crippen LogP contribution in [0.15, 0.2) is 22.3 Å². The Hall–Kier alpha value is -0.830. The molecule has 0 aromatic rings. The molecule has 0 saturated carbocycles. The van der Waals surface area contributed by atoms with Crippen LogP contribution in [0.3, 0.4) is 0 Å². The van der Waals surface area contributed by atoms with Crippen molar-refractivity contribution in [2.24, 2.45) is 9.98 Å². The molecule has 0 fully saturated rings. The summed E-state index contributed by atoms with van der Waals surface area (Å²) in [5.41, 5.74) is 1.42. The molecule has 9 heavy (non-hydrogen) atoms. The van der Waals surface area contributed by atoms with Gasteiger partial charge in [0.25, 0.3) is 0 Å². The van der Waals surface area contributed by atoms with Crippen LogP contribution in [0.4, 0.5) is 0 Å². The third kappa shape index (κ3) is 1.29. The van der Waals surface area contributed by atoms with Crippen LogP contribution in [0.2, 0.25) is 0 Å². The summed E-state index contributed by atoms with van der Waals surface area (Å²) in [4.78, 5) is 8.36. The van der Waals surface area contributed by atoms with Crippen LogP contribution in [0.25, 0.3) is 0 Å². The maximum atomic E-state index is 4.80. The van der Waals surface area contributed by atoms with Crippen molar-refractivity contribution in [2.75, 3.05) is 0 Å². The van der Waals surface area contributed by atoms with Gasteiger partial charge in [0.2, 0.25) is 0 Å². The standard InChI is InChI=1S/C6H6N2S/c1-4-3-7-5(2)6(9)8-4/h3H,2H2,1H3. The lowest BCUT2D eigenvalue weighted by Crippen LogP contribution is -2.06. The Kier molecular flexibility index (Phi) is 1.53. The Labute approximate surface area is 59.0 Å². The van der Waals surface area contributed by atoms with E-state index in [4.69, 9.17) is 12.2 Å². The molecule has 0 radical (unpaired) electrons. The lowest BCUT2D eigenvalue weighted by molar-refractivity contribution is 1.46. The molecule has 0 saturated heterocycles. The van der Waals surface area contributed by atoms with Crippen molar-refractivity contribution >= 4 is 29.1 Å². The minimum absolute atomic E-state index is 0.495. The van der Waals surface area contributed by atoms with Crippen molar-refractivity contribution < 1.29 is 0 Å². The summed E-state index contributed by atoms with van der Waals surface area (Å²) in [5, 5.41) is 0. The zero-order valence-corrected chi connectivity index (χ0v) is 5.90. The first-order valence-electron chi connectivity index (χ1n) is 2.53. The van der Waals surface area contributed by atoms with E-state index in [1.807, 2.05) is 6.92 Å². The summed E-state index contributed by atoms with van der Waals surface area (Å²) >= 11 is 4.80. The molecule has 2 nitrogen and oxygen atoms in total. The van der Waals surface area contributed by atoms with E-state index in [0.29, 0.717) is 10.7 Å². The van der Waals surface area contributed by atoms with Gasteiger partial charge in [-0.05, 0) is 6.92 Å². The van der Waals surface area contributed by atoms with Gasteiger partial charge < -0.3 is 0 Å². The second-order valence-electron chi connectivity index (χ2n) is 1.76. The molecule has 1 rings (SSSR count). The highest BCUT2D eigenvalue weighted by atomic mass is 32.1. The number of aliphatic imine (C=N–C) groups is 2. The van der Waals surface area contributed by atoms with E-state index in [1.165, 1.54) is 0 Å². The zero-order chi connectivity index (χ0) is 6.85. The van der Waals surface area contributed by atoms with Gasteiger partial charge in [0.1, 0.15) is 0 Å². The Bertz CT molecular complexity index is 225. The van der Waals surface area contributed by atoms with Gasteiger partial charge in [0.15, 0.2) is 4.99 Å². The minimum Gasteiger partial charge on any atom is -0.252 e. The first-order valence-corrected chi connectivity index (χ1v) is 2.93. The first kappa shape index (κ1) is 6.29. The molecule has 0 aromatic carbocycles. The average molecular weight is 138 g/mol. The van der Waals surface area contributed by atoms with Crippen LogP contribution in [-0.2, 0) is 0 Å². The van der Waals surface area contributed by atoms with Crippen LogP contribution in [0, 0.1) is 0 Å². The fourth-order valence-electron chi connectivity index (χ4n) is 0.480. The predicted octanol–water partition coefficient (Wildman–Crippen LogP) is 1.37. The summed E-state index contributed by atoms with van der Waals surface area (Å²) in [6.45, 7) is 5.43. The second kappa shape index (κ2) is 2.19. The normalized spacial score (nSPS) is 18.1. The number of nitrogens with zero attached hydrogens (tertiary/aromatic N) is 2. The van der Waals surface area contributed by atoms with Crippen LogP contribution in [-0.4, -0.2) is 16.9 Å². The molecule has 0 N–H and O–H groups in total. The van der Waals surface area contributed by atoms with Crippen LogP contribution < -0.4 is 0 Å². The average Bonchev–Trinajstić information content (AvgIpc) is 1.80. The highest BCUT2D eigenvalue weighted by Crippen LogP contribution is 2.02. The molecule has 1 heterocycles. The van der Waals surface area contributed by atoms with E-state index in [1.54, 1.807) is 6.21 Å². The quantitative estimate of drug-likeness (QED) is 0.366. The summed E-state index contributed by atoms with van der Waals surface area (Å²) in [6, 6.07) is 0. The fraction of sp³-hybridized carbons (Fsp3) is 0.167. The summed E-state index contributed by atoms with van der Waals surface area (Å²) in [5.74, 6) is 0. The van der Waals surface area contributed by atoms with Crippen molar-refractivity contribution in [2.45, 2.75) is 6.92 Å². The molecule has 0 aliphatic carbocycles. The number of hydrogen-bond acceptors (Lipinski definition) is 2. The Morgan fingerprint density at radius 1 is 1.67 bits per heavy atom. The molecule has 46 valence electrons. The summed E-state index contributed by atoms with van der Waals surface area (Å²) in [6.07, 6.45) is 1.65. The Balaban J connectivity index is 2.95. The topological polar surface area (TPSA) is 24.7 Å². The lowest BCUT2D eigenvalue weighted by atomic mass is 10.4. The van der Waals surface area contributed by atoms with Gasteiger partial charge >= 0.3 is 0 Å². The van der Waals surface area contributed by atoms with Crippen LogP contribution in [0.5, 0.6) is 0 Å². The van der Waals surface area contributed by atoms with Gasteiger partial charge in [-0.1, -0.05) is 18.8 Å². The van der Waals surface area contributed by atoms with Gasteiger partial charge in [-0.2, -0.15) is 0 Å². The maximum Gasteiger partial charge on any atom is 0.151 e. The third-order valence-electron chi connectivity index (χ3n) is 0.932. The maximum absolute atomic E-state index is 4.80. The van der Waals surface area contributed by atoms with E-state index < -0.39 is 0 Å². The molecule has 0 aromatic heterocycles. The summed E-state index contributed by atoms with van der Waals surface area (Å²) in [7, 11) is 0. The second-order valence-corrected chi connectivity index (χ2v) is 2.15. The van der Waals surface area contributed by atoms with E-state index in [-0.39, 0.29) is 0 Å². The predicted molar refractivity (Wildman–Crippen MR) is 43.3 cm³/mol. The lowest BCUT2D eigenvalue weighted by Gasteiger charge is -2.01. The van der Waals surface area contributed by atoms with Crippen molar-refractivity contribution in [1.29, 1.82) is 0 Å². The number of hydrogen-bond donors (Lipinski definition) is 0. The van der Waals surface area contributed by atoms with Crippen molar-refractivity contribution in [1.82, 2.24) is 0 Å². The van der Waals surface area contributed by atoms with Gasteiger partial charge in [0, 0.05) is 6.21 Å². The molecule has 0 amide bonds. The Morgan fingerprint density at radius 2 is 2.33 bits per heavy atom. The summed E-state index contributed by atoms with van der Waals surface area (Å²) < 4.78 is 0. The van der Waals surface area contributed by atoms with E-state index in [0.717, 1.165) is 5.71 Å². The van der Waals surface area contributed by atoms with Crippen molar-refractivity contribution in [3.05, 3.63) is 12.3 Å². The molecule has 1 aliphatic heterocycles. The fourth-order valence-corrected chi connectivity index (χ4v) is 0.677. The van der Waals surface area contributed by atoms with E-state index in [9.17, 15) is 0 Å². The van der Waals surface area contributed by atoms with E-state index >= 15 is 0 Å². The van der Waals surface area contributed by atoms with Gasteiger partial charge in [0.05, 0.1) is 11.4 Å². The molecular weight excluding hydrogens is 132 g/mol. The molecule has 1 aliphatic rings. The molecule has 0 unspecified atom stereocenters. The highest BCUT2D eigenvalue weighted by Gasteiger charge is 2.02. The van der Waals surface area contributed by atoms with Crippen LogP contribution in [0.1, 0.15) is 6.92 Å². The molecule has 0 atom stereocenters. The molecule has 0 bridgehead atoms. The number of rotatable bonds is 0. The Morgan fingerprint density at radius 3 is 2.78 bits per heavy atom. The first-order chi connectivity index (χ1) is 4.20. The van der Waals surface area contributed by atoms with Gasteiger partial charge in [-0.15, -0.1) is 0 Å². The van der Waals surface area contributed by atoms with Crippen molar-refractivity contribution in [3.8, 4) is 0 Å². The zero-order valence-electron chi connectivity index (χ0n) is 5.09. The molecular formula is C6H6N2S. The molecule has 3 heteroatoms. The number of thiocarbonyl (C=S) groups is 1. The van der Waals surface area contributed by atoms with Crippen LogP contribution >= 0.6 is 12.2 Å². The molecule has 0 spiro atoms. The SMILES string of the molecule is C=C1N=CC(C)=NC1=S. The third-order valence-corrected chi connectivity index (χ3v) is 1.26.